The zero-order valence-electron chi connectivity index (χ0n) is 15.0. The predicted octanol–water partition coefficient (Wildman–Crippen LogP) is 5.09. The van der Waals surface area contributed by atoms with Crippen molar-refractivity contribution in [2.45, 2.75) is 44.8 Å². The number of halogens is 3. The minimum Gasteiger partial charge on any atom is -0.305 e. The lowest BCUT2D eigenvalue weighted by atomic mass is 9.92. The molecule has 27 heavy (non-hydrogen) atoms. The number of aryl methyl sites for hydroxylation is 1. The van der Waals surface area contributed by atoms with E-state index in [9.17, 15) is 18.0 Å². The highest BCUT2D eigenvalue weighted by molar-refractivity contribution is 5.74. The number of rotatable bonds is 6. The molecule has 2 aromatic carbocycles. The minimum atomic E-state index is -4.38. The van der Waals surface area contributed by atoms with Gasteiger partial charge in [-0.2, -0.15) is 13.2 Å². The van der Waals surface area contributed by atoms with E-state index < -0.39 is 24.1 Å². The smallest absolute Gasteiger partial charge is 0.305 e. The van der Waals surface area contributed by atoms with Crippen LogP contribution in [0.1, 0.15) is 36.9 Å². The monoisotopic (exact) mass is 374 g/mol. The zero-order chi connectivity index (χ0) is 19.4. The molecule has 3 aromatic rings. The summed E-state index contributed by atoms with van der Waals surface area (Å²) in [5.74, 6) is -1.02. The number of nitrogens with zero attached hydrogens (tertiary/aromatic N) is 2. The van der Waals surface area contributed by atoms with E-state index in [1.165, 1.54) is 0 Å². The van der Waals surface area contributed by atoms with Gasteiger partial charge in [-0.3, -0.25) is 4.79 Å². The van der Waals surface area contributed by atoms with Gasteiger partial charge in [0.1, 0.15) is 5.69 Å². The number of aromatic nitrogens is 2. The molecule has 0 saturated carbocycles. The van der Waals surface area contributed by atoms with Gasteiger partial charge >= 0.3 is 6.18 Å². The van der Waals surface area contributed by atoms with Crippen molar-refractivity contribution in [3.63, 3.8) is 0 Å². The standard InChI is InChI=1S/C21H21F3N2O/c1-2-12-26-18-11-7-6-10-17(18)25-19(20(26)27)16(14-21(22,23)24)13-15-8-4-3-5-9-15/h3-11,16H,2,12-14H2,1H3. The SMILES string of the molecule is CCCn1c(=O)c(C(Cc2ccccc2)CC(F)(F)F)nc2ccccc21. The summed E-state index contributed by atoms with van der Waals surface area (Å²) in [6.07, 6.45) is -4.63. The Labute approximate surface area is 155 Å². The Morgan fingerprint density at radius 1 is 1.04 bits per heavy atom. The third-order valence-corrected chi connectivity index (χ3v) is 4.51. The maximum Gasteiger partial charge on any atom is 0.389 e. The number of hydrogen-bond donors (Lipinski definition) is 0. The van der Waals surface area contributed by atoms with Crippen molar-refractivity contribution in [3.8, 4) is 0 Å². The van der Waals surface area contributed by atoms with Gasteiger partial charge in [0.15, 0.2) is 0 Å². The van der Waals surface area contributed by atoms with Crippen LogP contribution >= 0.6 is 0 Å². The molecule has 142 valence electrons. The quantitative estimate of drug-likeness (QED) is 0.603. The Hall–Kier alpha value is -2.63. The summed E-state index contributed by atoms with van der Waals surface area (Å²) in [5, 5.41) is 0. The molecule has 1 aromatic heterocycles. The predicted molar refractivity (Wildman–Crippen MR) is 99.9 cm³/mol. The fraction of sp³-hybridized carbons (Fsp3) is 0.333. The van der Waals surface area contributed by atoms with E-state index in [1.54, 1.807) is 53.1 Å². The highest BCUT2D eigenvalue weighted by atomic mass is 19.4. The van der Waals surface area contributed by atoms with Gasteiger partial charge in [-0.1, -0.05) is 49.4 Å². The van der Waals surface area contributed by atoms with Crippen LogP contribution in [-0.4, -0.2) is 15.7 Å². The number of benzene rings is 2. The van der Waals surface area contributed by atoms with Gasteiger partial charge in [0.2, 0.25) is 0 Å². The van der Waals surface area contributed by atoms with Crippen molar-refractivity contribution in [1.82, 2.24) is 9.55 Å². The van der Waals surface area contributed by atoms with E-state index >= 15 is 0 Å². The summed E-state index contributed by atoms with van der Waals surface area (Å²) in [6, 6.07) is 16.0. The molecule has 1 atom stereocenters. The molecule has 0 saturated heterocycles. The summed E-state index contributed by atoms with van der Waals surface area (Å²) in [4.78, 5) is 17.4. The lowest BCUT2D eigenvalue weighted by molar-refractivity contribution is -0.139. The Balaban J connectivity index is 2.14. The fourth-order valence-electron chi connectivity index (χ4n) is 3.37. The number of para-hydroxylation sites is 2. The van der Waals surface area contributed by atoms with Gasteiger partial charge < -0.3 is 4.57 Å². The molecule has 0 spiro atoms. The molecule has 0 amide bonds. The second-order valence-electron chi connectivity index (χ2n) is 6.65. The van der Waals surface area contributed by atoms with Crippen LogP contribution in [0.15, 0.2) is 59.4 Å². The van der Waals surface area contributed by atoms with E-state index in [2.05, 4.69) is 4.98 Å². The Kier molecular flexibility index (Phi) is 5.63. The molecule has 3 nitrogen and oxygen atoms in total. The Morgan fingerprint density at radius 2 is 1.70 bits per heavy atom. The lowest BCUT2D eigenvalue weighted by Crippen LogP contribution is -2.30. The van der Waals surface area contributed by atoms with Crippen molar-refractivity contribution in [2.24, 2.45) is 0 Å². The minimum absolute atomic E-state index is 0.0108. The topological polar surface area (TPSA) is 34.9 Å². The van der Waals surface area contributed by atoms with Crippen molar-refractivity contribution < 1.29 is 13.2 Å². The van der Waals surface area contributed by atoms with Crippen LogP contribution in [0, 0.1) is 0 Å². The maximum atomic E-state index is 13.3. The molecular formula is C21H21F3N2O. The Morgan fingerprint density at radius 3 is 2.37 bits per heavy atom. The van der Waals surface area contributed by atoms with Crippen molar-refractivity contribution in [3.05, 3.63) is 76.2 Å². The molecule has 0 aliphatic rings. The van der Waals surface area contributed by atoms with Gasteiger partial charge in [0, 0.05) is 12.5 Å². The summed E-state index contributed by atoms with van der Waals surface area (Å²) < 4.78 is 41.3. The van der Waals surface area contributed by atoms with Crippen LogP contribution < -0.4 is 5.56 Å². The first-order valence-corrected chi connectivity index (χ1v) is 8.99. The molecule has 1 heterocycles. The van der Waals surface area contributed by atoms with Gasteiger partial charge in [0.25, 0.3) is 5.56 Å². The number of hydrogen-bond acceptors (Lipinski definition) is 2. The van der Waals surface area contributed by atoms with Crippen LogP contribution in [0.3, 0.4) is 0 Å². The van der Waals surface area contributed by atoms with E-state index in [0.717, 1.165) is 5.56 Å². The van der Waals surface area contributed by atoms with Crippen LogP contribution in [0.25, 0.3) is 11.0 Å². The van der Waals surface area contributed by atoms with Crippen LogP contribution in [0.5, 0.6) is 0 Å². The lowest BCUT2D eigenvalue weighted by Gasteiger charge is -2.20. The van der Waals surface area contributed by atoms with Gasteiger partial charge in [0.05, 0.1) is 17.5 Å². The van der Waals surface area contributed by atoms with E-state index in [1.807, 2.05) is 13.0 Å². The second kappa shape index (κ2) is 7.94. The van der Waals surface area contributed by atoms with Gasteiger partial charge in [-0.15, -0.1) is 0 Å². The Bertz CT molecular complexity index is 965. The van der Waals surface area contributed by atoms with Crippen molar-refractivity contribution in [2.75, 3.05) is 0 Å². The van der Waals surface area contributed by atoms with Crippen LogP contribution in [0.2, 0.25) is 0 Å². The molecule has 0 bridgehead atoms. The van der Waals surface area contributed by atoms with E-state index in [0.29, 0.717) is 24.0 Å². The fourth-order valence-corrected chi connectivity index (χ4v) is 3.37. The molecule has 6 heteroatoms. The van der Waals surface area contributed by atoms with Crippen molar-refractivity contribution >= 4 is 11.0 Å². The first-order chi connectivity index (χ1) is 12.9. The van der Waals surface area contributed by atoms with Crippen LogP contribution in [-0.2, 0) is 13.0 Å². The normalized spacial score (nSPS) is 13.0. The highest BCUT2D eigenvalue weighted by Gasteiger charge is 2.35. The largest absolute Gasteiger partial charge is 0.389 e. The molecule has 0 radical (unpaired) electrons. The summed E-state index contributed by atoms with van der Waals surface area (Å²) in [6.45, 7) is 2.37. The zero-order valence-corrected chi connectivity index (χ0v) is 15.0. The first-order valence-electron chi connectivity index (χ1n) is 8.99. The summed E-state index contributed by atoms with van der Waals surface area (Å²) in [5.41, 5.74) is 1.51. The maximum absolute atomic E-state index is 13.3. The molecular weight excluding hydrogens is 353 g/mol. The molecule has 0 aliphatic heterocycles. The molecule has 0 aliphatic carbocycles. The second-order valence-corrected chi connectivity index (χ2v) is 6.65. The average Bonchev–Trinajstić information content (AvgIpc) is 2.63. The number of fused-ring (bicyclic) bond motifs is 1. The average molecular weight is 374 g/mol. The summed E-state index contributed by atoms with van der Waals surface area (Å²) >= 11 is 0. The number of alkyl halides is 3. The summed E-state index contributed by atoms with van der Waals surface area (Å²) in [7, 11) is 0. The van der Waals surface area contributed by atoms with Crippen LogP contribution in [0.4, 0.5) is 13.2 Å². The molecule has 1 unspecified atom stereocenters. The molecule has 0 N–H and O–H groups in total. The van der Waals surface area contributed by atoms with Gasteiger partial charge in [-0.25, -0.2) is 4.98 Å². The van der Waals surface area contributed by atoms with E-state index in [4.69, 9.17) is 0 Å². The third kappa shape index (κ3) is 4.56. The first kappa shape index (κ1) is 19.1. The van der Waals surface area contributed by atoms with E-state index in [-0.39, 0.29) is 12.1 Å². The highest BCUT2D eigenvalue weighted by Crippen LogP contribution is 2.32. The molecule has 3 rings (SSSR count). The van der Waals surface area contributed by atoms with Crippen molar-refractivity contribution in [1.29, 1.82) is 0 Å². The molecule has 0 fully saturated rings. The van der Waals surface area contributed by atoms with Gasteiger partial charge in [-0.05, 0) is 30.5 Å². The third-order valence-electron chi connectivity index (χ3n) is 4.51.